The average Bonchev–Trinajstić information content (AvgIpc) is 3.00. The summed E-state index contributed by atoms with van der Waals surface area (Å²) in [6, 6.07) is -0.245. The van der Waals surface area contributed by atoms with E-state index in [0.29, 0.717) is 32.7 Å². The fraction of sp³-hybridized carbons (Fsp3) is 0.857. The van der Waals surface area contributed by atoms with Gasteiger partial charge in [-0.1, -0.05) is 0 Å². The maximum atomic E-state index is 12.7. The van der Waals surface area contributed by atoms with Gasteiger partial charge in [0.1, 0.15) is 0 Å². The normalized spacial score (nSPS) is 27.4. The lowest BCUT2D eigenvalue weighted by Gasteiger charge is -2.29. The Morgan fingerprint density at radius 3 is 2.73 bits per heavy atom. The van der Waals surface area contributed by atoms with Crippen LogP contribution in [0.3, 0.4) is 0 Å². The smallest absolute Gasteiger partial charge is 0.228 e. The lowest BCUT2D eigenvalue weighted by atomic mass is 10.1. The monoisotopic (exact) mass is 332 g/mol. The summed E-state index contributed by atoms with van der Waals surface area (Å²) in [6.07, 6.45) is 0.703. The van der Waals surface area contributed by atoms with Gasteiger partial charge < -0.3 is 14.5 Å². The van der Waals surface area contributed by atoms with Crippen molar-refractivity contribution in [1.82, 2.24) is 9.80 Å². The molecule has 0 aromatic carbocycles. The van der Waals surface area contributed by atoms with Gasteiger partial charge in [-0.25, -0.2) is 8.42 Å². The predicted molar refractivity (Wildman–Crippen MR) is 81.0 cm³/mol. The lowest BCUT2D eigenvalue weighted by Crippen LogP contribution is -2.44. The van der Waals surface area contributed by atoms with Crippen LogP contribution in [0.5, 0.6) is 0 Å². The van der Waals surface area contributed by atoms with Crippen molar-refractivity contribution >= 4 is 21.7 Å². The summed E-state index contributed by atoms with van der Waals surface area (Å²) in [7, 11) is -1.46. The molecule has 2 aliphatic heterocycles. The largest absolute Gasteiger partial charge is 0.383 e. The number of likely N-dealkylation sites (tertiary alicyclic amines) is 1. The van der Waals surface area contributed by atoms with Gasteiger partial charge in [-0.15, -0.1) is 0 Å². The molecule has 2 saturated heterocycles. The van der Waals surface area contributed by atoms with Crippen molar-refractivity contribution in [2.75, 3.05) is 44.9 Å². The number of carbonyl (C=O) groups is 2. The highest BCUT2D eigenvalue weighted by Crippen LogP contribution is 2.24. The van der Waals surface area contributed by atoms with E-state index in [4.69, 9.17) is 4.74 Å². The van der Waals surface area contributed by atoms with Gasteiger partial charge in [0, 0.05) is 39.2 Å². The van der Waals surface area contributed by atoms with Gasteiger partial charge in [0.15, 0.2) is 9.84 Å². The summed E-state index contributed by atoms with van der Waals surface area (Å²) in [5.74, 6) is -0.318. The first-order valence-electron chi connectivity index (χ1n) is 7.65. The Morgan fingerprint density at radius 2 is 2.18 bits per heavy atom. The minimum atomic E-state index is -3.03. The molecule has 2 rings (SSSR count). The lowest BCUT2D eigenvalue weighted by molar-refractivity contribution is -0.137. The fourth-order valence-corrected chi connectivity index (χ4v) is 4.94. The first kappa shape index (κ1) is 17.2. The maximum Gasteiger partial charge on any atom is 0.228 e. The van der Waals surface area contributed by atoms with Crippen LogP contribution in [-0.2, 0) is 24.2 Å². The van der Waals surface area contributed by atoms with Crippen molar-refractivity contribution in [3.63, 3.8) is 0 Å². The Labute approximate surface area is 131 Å². The Bertz CT molecular complexity index is 533. The van der Waals surface area contributed by atoms with E-state index in [9.17, 15) is 18.0 Å². The summed E-state index contributed by atoms with van der Waals surface area (Å²) in [5.41, 5.74) is 0. The zero-order valence-corrected chi connectivity index (χ0v) is 14.0. The molecule has 2 heterocycles. The van der Waals surface area contributed by atoms with Gasteiger partial charge in [0.05, 0.1) is 24.0 Å². The van der Waals surface area contributed by atoms with Gasteiger partial charge in [0.2, 0.25) is 11.8 Å². The van der Waals surface area contributed by atoms with E-state index in [1.807, 2.05) is 6.92 Å². The SMILES string of the molecule is CCN(C(=O)C1CC(=O)N(CCOC)C1)C1CCS(=O)(=O)C1. The molecule has 2 fully saturated rings. The van der Waals surface area contributed by atoms with E-state index in [1.165, 1.54) is 0 Å². The van der Waals surface area contributed by atoms with Crippen LogP contribution in [0.4, 0.5) is 0 Å². The van der Waals surface area contributed by atoms with Crippen LogP contribution in [0.2, 0.25) is 0 Å². The zero-order valence-electron chi connectivity index (χ0n) is 13.2. The number of methoxy groups -OCH3 is 1. The minimum Gasteiger partial charge on any atom is -0.383 e. The predicted octanol–water partition coefficient (Wildman–Crippen LogP) is -0.483. The zero-order chi connectivity index (χ0) is 16.3. The molecule has 2 atom stereocenters. The third-order valence-electron chi connectivity index (χ3n) is 4.40. The second-order valence-corrected chi connectivity index (χ2v) is 8.14. The van der Waals surface area contributed by atoms with Crippen molar-refractivity contribution in [2.24, 2.45) is 5.92 Å². The van der Waals surface area contributed by atoms with E-state index in [2.05, 4.69) is 0 Å². The third kappa shape index (κ3) is 3.78. The van der Waals surface area contributed by atoms with Crippen molar-refractivity contribution in [3.8, 4) is 0 Å². The Kier molecular flexibility index (Phi) is 5.44. The summed E-state index contributed by atoms with van der Waals surface area (Å²) in [4.78, 5) is 27.9. The highest BCUT2D eigenvalue weighted by atomic mass is 32.2. The number of sulfone groups is 1. The number of nitrogens with zero attached hydrogens (tertiary/aromatic N) is 2. The standard InChI is InChI=1S/C14H24N2O5S/c1-3-16(12-4-7-22(19,20)10-12)14(18)11-8-13(17)15(9-11)5-6-21-2/h11-12H,3-10H2,1-2H3. The van der Waals surface area contributed by atoms with Crippen LogP contribution in [-0.4, -0.2) is 80.9 Å². The molecule has 2 unspecified atom stereocenters. The van der Waals surface area contributed by atoms with Crippen LogP contribution >= 0.6 is 0 Å². The molecule has 0 bridgehead atoms. The quantitative estimate of drug-likeness (QED) is 0.656. The average molecular weight is 332 g/mol. The minimum absolute atomic E-state index is 0.0366. The maximum absolute atomic E-state index is 12.7. The third-order valence-corrected chi connectivity index (χ3v) is 6.15. The molecule has 2 amide bonds. The number of rotatable bonds is 6. The second-order valence-electron chi connectivity index (χ2n) is 5.91. The molecular weight excluding hydrogens is 308 g/mol. The molecule has 22 heavy (non-hydrogen) atoms. The van der Waals surface area contributed by atoms with Gasteiger partial charge in [-0.05, 0) is 13.3 Å². The van der Waals surface area contributed by atoms with Crippen LogP contribution in [0.15, 0.2) is 0 Å². The van der Waals surface area contributed by atoms with Gasteiger partial charge in [0.25, 0.3) is 0 Å². The second kappa shape index (κ2) is 6.95. The molecule has 7 nitrogen and oxygen atoms in total. The molecule has 0 aromatic heterocycles. The topological polar surface area (TPSA) is 84.0 Å². The van der Waals surface area contributed by atoms with Crippen molar-refractivity contribution < 1.29 is 22.7 Å². The van der Waals surface area contributed by atoms with Crippen molar-refractivity contribution in [1.29, 1.82) is 0 Å². The van der Waals surface area contributed by atoms with Crippen LogP contribution < -0.4 is 0 Å². The van der Waals surface area contributed by atoms with Gasteiger partial charge in [-0.2, -0.15) is 0 Å². The Balaban J connectivity index is 1.99. The summed E-state index contributed by atoms with van der Waals surface area (Å²) in [6.45, 7) is 3.66. The molecule has 0 saturated carbocycles. The Hall–Kier alpha value is -1.15. The first-order chi connectivity index (χ1) is 10.4. The number of ether oxygens (including phenoxy) is 1. The van der Waals surface area contributed by atoms with E-state index in [1.54, 1.807) is 16.9 Å². The fourth-order valence-electron chi connectivity index (χ4n) is 3.20. The van der Waals surface area contributed by atoms with E-state index in [-0.39, 0.29) is 41.7 Å². The van der Waals surface area contributed by atoms with E-state index >= 15 is 0 Å². The molecule has 0 N–H and O–H groups in total. The number of hydrogen-bond donors (Lipinski definition) is 0. The molecule has 0 radical (unpaired) electrons. The van der Waals surface area contributed by atoms with Crippen LogP contribution in [0, 0.1) is 5.92 Å². The number of carbonyl (C=O) groups excluding carboxylic acids is 2. The molecule has 0 aromatic rings. The molecule has 0 spiro atoms. The van der Waals surface area contributed by atoms with Crippen LogP contribution in [0.1, 0.15) is 19.8 Å². The highest BCUT2D eigenvalue weighted by molar-refractivity contribution is 7.91. The van der Waals surface area contributed by atoms with E-state index in [0.717, 1.165) is 0 Å². The first-order valence-corrected chi connectivity index (χ1v) is 9.47. The molecule has 8 heteroatoms. The van der Waals surface area contributed by atoms with Gasteiger partial charge >= 0.3 is 0 Å². The van der Waals surface area contributed by atoms with Crippen molar-refractivity contribution in [2.45, 2.75) is 25.8 Å². The summed E-state index contributed by atoms with van der Waals surface area (Å²) >= 11 is 0. The molecular formula is C14H24N2O5S. The van der Waals surface area contributed by atoms with Crippen molar-refractivity contribution in [3.05, 3.63) is 0 Å². The molecule has 126 valence electrons. The summed E-state index contributed by atoms with van der Waals surface area (Å²) in [5, 5.41) is 0. The number of amides is 2. The van der Waals surface area contributed by atoms with E-state index < -0.39 is 9.84 Å². The highest BCUT2D eigenvalue weighted by Gasteiger charge is 2.40. The molecule has 0 aliphatic carbocycles. The molecule has 2 aliphatic rings. The Morgan fingerprint density at radius 1 is 1.45 bits per heavy atom. The number of hydrogen-bond acceptors (Lipinski definition) is 5. The van der Waals surface area contributed by atoms with Crippen LogP contribution in [0.25, 0.3) is 0 Å². The summed E-state index contributed by atoms with van der Waals surface area (Å²) < 4.78 is 28.2. The van der Waals surface area contributed by atoms with Gasteiger partial charge in [-0.3, -0.25) is 9.59 Å².